The molecule has 2 nitrogen and oxygen atoms in total. The molecule has 0 aliphatic heterocycles. The van der Waals surface area contributed by atoms with Crippen LogP contribution in [0.15, 0.2) is 34.9 Å². The van der Waals surface area contributed by atoms with E-state index >= 15 is 0 Å². The van der Waals surface area contributed by atoms with Crippen molar-refractivity contribution in [1.29, 1.82) is 0 Å². The predicted molar refractivity (Wildman–Crippen MR) is 84.1 cm³/mol. The van der Waals surface area contributed by atoms with E-state index in [9.17, 15) is 22.8 Å². The Morgan fingerprint density at radius 1 is 1.04 bits per heavy atom. The third-order valence-corrected chi connectivity index (χ3v) is 5.29. The predicted octanol–water partition coefficient (Wildman–Crippen LogP) is 5.32. The van der Waals surface area contributed by atoms with Gasteiger partial charge in [0.05, 0.1) is 11.0 Å². The lowest BCUT2D eigenvalue weighted by atomic mass is 9.76. The number of allylic oxidation sites excluding steroid dienone is 2. The van der Waals surface area contributed by atoms with Gasteiger partial charge in [-0.15, -0.1) is 0 Å². The number of alkyl halides is 3. The van der Waals surface area contributed by atoms with Crippen molar-refractivity contribution in [3.8, 4) is 0 Å². The maximum absolute atomic E-state index is 12.9. The Kier molecular flexibility index (Phi) is 4.56. The third kappa shape index (κ3) is 3.14. The fraction of sp³-hybridized carbons (Fsp3) is 0.444. The second-order valence-corrected chi connectivity index (χ2v) is 6.85. The summed E-state index contributed by atoms with van der Waals surface area (Å²) in [7, 11) is 0. The molecule has 0 amide bonds. The number of carbonyl (C=O) groups is 2. The Balaban J connectivity index is 1.84. The molecule has 1 aromatic carbocycles. The van der Waals surface area contributed by atoms with Crippen molar-refractivity contribution in [3.05, 3.63) is 46.0 Å². The molecular formula is C18H16ClF3O2. The van der Waals surface area contributed by atoms with Crippen molar-refractivity contribution in [2.75, 3.05) is 0 Å². The van der Waals surface area contributed by atoms with E-state index in [1.54, 1.807) is 18.2 Å². The fourth-order valence-corrected chi connectivity index (χ4v) is 3.91. The first-order chi connectivity index (χ1) is 11.3. The number of ketones is 2. The molecule has 1 saturated carbocycles. The van der Waals surface area contributed by atoms with Gasteiger partial charge in [0.1, 0.15) is 0 Å². The highest BCUT2D eigenvalue weighted by atomic mass is 35.5. The minimum atomic E-state index is -4.21. The van der Waals surface area contributed by atoms with E-state index in [0.29, 0.717) is 12.8 Å². The number of carbonyl (C=O) groups excluding carboxylic acids is 2. The van der Waals surface area contributed by atoms with Crippen molar-refractivity contribution < 1.29 is 22.8 Å². The van der Waals surface area contributed by atoms with Crippen LogP contribution in [-0.4, -0.2) is 17.7 Å². The molecule has 2 aliphatic carbocycles. The fourth-order valence-electron chi connectivity index (χ4n) is 3.64. The largest absolute Gasteiger partial charge is 0.391 e. The molecule has 6 heteroatoms. The van der Waals surface area contributed by atoms with E-state index in [0.717, 1.165) is 0 Å². The minimum absolute atomic E-state index is 0.0136. The van der Waals surface area contributed by atoms with Crippen LogP contribution in [0.4, 0.5) is 13.2 Å². The first kappa shape index (κ1) is 17.2. The topological polar surface area (TPSA) is 34.1 Å². The van der Waals surface area contributed by atoms with Crippen LogP contribution in [0.3, 0.4) is 0 Å². The number of Topliss-reactive ketones (excluding diaryl/α,β-unsaturated/α-hetero) is 2. The van der Waals surface area contributed by atoms with Crippen LogP contribution in [0.2, 0.25) is 0 Å². The van der Waals surface area contributed by atoms with Gasteiger partial charge in [-0.25, -0.2) is 0 Å². The number of benzene rings is 1. The molecule has 3 rings (SSSR count). The van der Waals surface area contributed by atoms with Gasteiger partial charge in [0.2, 0.25) is 5.78 Å². The Hall–Kier alpha value is -1.62. The van der Waals surface area contributed by atoms with Gasteiger partial charge in [-0.3, -0.25) is 9.59 Å². The second kappa shape index (κ2) is 6.36. The molecule has 0 radical (unpaired) electrons. The summed E-state index contributed by atoms with van der Waals surface area (Å²) in [4.78, 5) is 24.9. The molecule has 0 spiro atoms. The molecule has 1 fully saturated rings. The van der Waals surface area contributed by atoms with Crippen molar-refractivity contribution >= 4 is 23.2 Å². The highest BCUT2D eigenvalue weighted by Gasteiger charge is 2.43. The Morgan fingerprint density at radius 3 is 2.29 bits per heavy atom. The molecule has 1 aromatic rings. The normalized spacial score (nSPS) is 25.0. The van der Waals surface area contributed by atoms with E-state index in [1.165, 1.54) is 6.07 Å². The molecule has 2 unspecified atom stereocenters. The van der Waals surface area contributed by atoms with Gasteiger partial charge in [0.25, 0.3) is 0 Å². The van der Waals surface area contributed by atoms with E-state index < -0.39 is 17.9 Å². The van der Waals surface area contributed by atoms with Crippen LogP contribution in [0.1, 0.15) is 52.8 Å². The van der Waals surface area contributed by atoms with Crippen molar-refractivity contribution in [2.45, 2.75) is 38.3 Å². The van der Waals surface area contributed by atoms with Gasteiger partial charge in [0.15, 0.2) is 5.78 Å². The lowest BCUT2D eigenvalue weighted by molar-refractivity contribution is -0.185. The molecule has 2 atom stereocenters. The SMILES string of the molecule is O=C1C(Cl)=C(CC2CCCC(C(F)(F)F)C2)C(=O)c2ccccc21. The molecule has 0 saturated heterocycles. The second-order valence-electron chi connectivity index (χ2n) is 6.47. The summed E-state index contributed by atoms with van der Waals surface area (Å²) in [5, 5.41) is -0.146. The zero-order valence-corrected chi connectivity index (χ0v) is 13.6. The molecule has 2 aliphatic rings. The van der Waals surface area contributed by atoms with E-state index in [2.05, 4.69) is 0 Å². The average molecular weight is 357 g/mol. The zero-order chi connectivity index (χ0) is 17.5. The van der Waals surface area contributed by atoms with Crippen LogP contribution < -0.4 is 0 Å². The van der Waals surface area contributed by atoms with Crippen LogP contribution in [0, 0.1) is 11.8 Å². The van der Waals surface area contributed by atoms with Gasteiger partial charge in [-0.2, -0.15) is 13.2 Å². The number of fused-ring (bicyclic) bond motifs is 1. The smallest absolute Gasteiger partial charge is 0.289 e. The first-order valence-electron chi connectivity index (χ1n) is 7.92. The molecule has 0 bridgehead atoms. The van der Waals surface area contributed by atoms with Crippen LogP contribution in [-0.2, 0) is 0 Å². The van der Waals surface area contributed by atoms with Crippen molar-refractivity contribution in [2.24, 2.45) is 11.8 Å². The summed E-state index contributed by atoms with van der Waals surface area (Å²) in [6.07, 6.45) is -2.88. The number of rotatable bonds is 2. The summed E-state index contributed by atoms with van der Waals surface area (Å²) in [5.41, 5.74) is 0.700. The van der Waals surface area contributed by atoms with Gasteiger partial charge in [0, 0.05) is 16.7 Å². The summed E-state index contributed by atoms with van der Waals surface area (Å²) < 4.78 is 38.8. The average Bonchev–Trinajstić information content (AvgIpc) is 2.56. The minimum Gasteiger partial charge on any atom is -0.289 e. The summed E-state index contributed by atoms with van der Waals surface area (Å²) in [6, 6.07) is 6.39. The number of hydrogen-bond donors (Lipinski definition) is 0. The lowest BCUT2D eigenvalue weighted by Crippen LogP contribution is -2.30. The van der Waals surface area contributed by atoms with Gasteiger partial charge < -0.3 is 0 Å². The summed E-state index contributed by atoms with van der Waals surface area (Å²) in [5.74, 6) is -2.39. The van der Waals surface area contributed by atoms with Gasteiger partial charge in [-0.1, -0.05) is 48.7 Å². The monoisotopic (exact) mass is 356 g/mol. The summed E-state index contributed by atoms with van der Waals surface area (Å²) in [6.45, 7) is 0. The van der Waals surface area contributed by atoms with E-state index in [1.807, 2.05) is 0 Å². The Bertz CT molecular complexity index is 721. The molecule has 128 valence electrons. The molecule has 0 N–H and O–H groups in total. The Labute approximate surface area is 142 Å². The lowest BCUT2D eigenvalue weighted by Gasteiger charge is -2.31. The standard InChI is InChI=1S/C18H16ClF3O2/c19-15-14(9-10-4-3-5-11(8-10)18(20,21)22)16(23)12-6-1-2-7-13(12)17(15)24/h1-2,6-7,10-11H,3-5,8-9H2. The number of halogens is 4. The van der Waals surface area contributed by atoms with E-state index in [-0.39, 0.29) is 52.7 Å². The molecular weight excluding hydrogens is 341 g/mol. The van der Waals surface area contributed by atoms with Crippen LogP contribution >= 0.6 is 11.6 Å². The quantitative estimate of drug-likeness (QED) is 0.719. The molecule has 0 aromatic heterocycles. The number of hydrogen-bond acceptors (Lipinski definition) is 2. The maximum atomic E-state index is 12.9. The van der Waals surface area contributed by atoms with Crippen molar-refractivity contribution in [3.63, 3.8) is 0 Å². The van der Waals surface area contributed by atoms with Gasteiger partial charge >= 0.3 is 6.18 Å². The van der Waals surface area contributed by atoms with Crippen LogP contribution in [0.5, 0.6) is 0 Å². The van der Waals surface area contributed by atoms with E-state index in [4.69, 9.17) is 11.6 Å². The third-order valence-electron chi connectivity index (χ3n) is 4.89. The van der Waals surface area contributed by atoms with Crippen molar-refractivity contribution in [1.82, 2.24) is 0 Å². The highest BCUT2D eigenvalue weighted by Crippen LogP contribution is 2.43. The summed E-state index contributed by atoms with van der Waals surface area (Å²) >= 11 is 6.09. The molecule has 0 heterocycles. The van der Waals surface area contributed by atoms with Gasteiger partial charge in [-0.05, 0) is 25.2 Å². The first-order valence-corrected chi connectivity index (χ1v) is 8.30. The highest BCUT2D eigenvalue weighted by molar-refractivity contribution is 6.50. The Morgan fingerprint density at radius 2 is 1.67 bits per heavy atom. The van der Waals surface area contributed by atoms with Crippen LogP contribution in [0.25, 0.3) is 0 Å². The zero-order valence-electron chi connectivity index (χ0n) is 12.8. The maximum Gasteiger partial charge on any atom is 0.391 e. The molecule has 24 heavy (non-hydrogen) atoms.